The average molecular weight is 400 g/mol. The molecule has 0 bridgehead atoms. The van der Waals surface area contributed by atoms with Gasteiger partial charge in [-0.2, -0.15) is 0 Å². The van der Waals surface area contributed by atoms with Gasteiger partial charge >= 0.3 is 0 Å². The molecule has 0 spiro atoms. The van der Waals surface area contributed by atoms with Gasteiger partial charge in [0.25, 0.3) is 0 Å². The van der Waals surface area contributed by atoms with Crippen molar-refractivity contribution in [2.24, 2.45) is 0 Å². The number of carbonyl (C=O) groups is 1. The van der Waals surface area contributed by atoms with Crippen LogP contribution in [0.3, 0.4) is 0 Å². The molecular weight excluding hydrogens is 376 g/mol. The smallest absolute Gasteiger partial charge is 0.236 e. The summed E-state index contributed by atoms with van der Waals surface area (Å²) in [5.41, 5.74) is 3.97. The molecule has 2 aromatic carbocycles. The number of carbonyl (C=O) groups excluding carboxylic acids is 1. The summed E-state index contributed by atoms with van der Waals surface area (Å²) in [6.45, 7) is 4.60. The van der Waals surface area contributed by atoms with Crippen molar-refractivity contribution in [1.82, 2.24) is 4.98 Å². The topological polar surface area (TPSA) is 60.5 Å². The highest BCUT2D eigenvalue weighted by molar-refractivity contribution is 6.01. The van der Waals surface area contributed by atoms with Crippen molar-refractivity contribution in [3.63, 3.8) is 0 Å². The van der Waals surface area contributed by atoms with E-state index < -0.39 is 5.41 Å². The fourth-order valence-electron chi connectivity index (χ4n) is 4.09. The van der Waals surface area contributed by atoms with Gasteiger partial charge in [-0.3, -0.25) is 4.79 Å². The van der Waals surface area contributed by atoms with Crippen molar-refractivity contribution < 1.29 is 14.3 Å². The minimum atomic E-state index is -0.508. The van der Waals surface area contributed by atoms with Crippen molar-refractivity contribution in [2.45, 2.75) is 38.0 Å². The van der Waals surface area contributed by atoms with Gasteiger partial charge in [0.2, 0.25) is 12.7 Å². The zero-order valence-corrected chi connectivity index (χ0v) is 17.1. The first-order chi connectivity index (χ1) is 14.6. The fourth-order valence-corrected chi connectivity index (χ4v) is 4.09. The van der Waals surface area contributed by atoms with E-state index in [0.717, 1.165) is 29.7 Å². The monoisotopic (exact) mass is 400 g/mol. The quantitative estimate of drug-likeness (QED) is 0.634. The second-order valence-electron chi connectivity index (χ2n) is 8.28. The van der Waals surface area contributed by atoms with Crippen LogP contribution in [0.2, 0.25) is 0 Å². The number of pyridine rings is 1. The number of nitrogens with one attached hydrogen (secondary N) is 1. The lowest BCUT2D eigenvalue weighted by Gasteiger charge is -2.16. The van der Waals surface area contributed by atoms with Crippen molar-refractivity contribution in [3.8, 4) is 22.6 Å². The molecular formula is C25H24N2O3. The Bertz CT molecular complexity index is 1100. The number of fused-ring (bicyclic) bond motifs is 1. The lowest BCUT2D eigenvalue weighted by molar-refractivity contribution is -0.118. The first-order valence-electron chi connectivity index (χ1n) is 10.3. The molecule has 1 saturated carbocycles. The van der Waals surface area contributed by atoms with Crippen LogP contribution in [0, 0.1) is 0 Å². The van der Waals surface area contributed by atoms with Gasteiger partial charge in [0, 0.05) is 11.8 Å². The Kier molecular flexibility index (Phi) is 4.46. The molecule has 1 fully saturated rings. The summed E-state index contributed by atoms with van der Waals surface area (Å²) in [4.78, 5) is 17.6. The summed E-state index contributed by atoms with van der Waals surface area (Å²) in [6, 6.07) is 18.0. The van der Waals surface area contributed by atoms with Crippen LogP contribution in [-0.2, 0) is 10.2 Å². The first-order valence-corrected chi connectivity index (χ1v) is 10.3. The van der Waals surface area contributed by atoms with Crippen LogP contribution in [-0.4, -0.2) is 17.7 Å². The normalized spacial score (nSPS) is 15.8. The van der Waals surface area contributed by atoms with Gasteiger partial charge in [-0.15, -0.1) is 0 Å². The maximum Gasteiger partial charge on any atom is 0.236 e. The molecule has 1 aliphatic carbocycles. The molecule has 0 atom stereocenters. The highest BCUT2D eigenvalue weighted by Gasteiger charge is 2.51. The van der Waals surface area contributed by atoms with Gasteiger partial charge in [-0.05, 0) is 59.7 Å². The van der Waals surface area contributed by atoms with Crippen molar-refractivity contribution >= 4 is 11.7 Å². The molecule has 0 saturated heterocycles. The molecule has 1 aromatic heterocycles. The SMILES string of the molecule is CC(C)c1ccccc1-c1ccc(NC(=O)C2(c3ccc4c(c3)OCO4)CC2)nc1. The Morgan fingerprint density at radius 3 is 2.57 bits per heavy atom. The Balaban J connectivity index is 1.35. The van der Waals surface area contributed by atoms with E-state index >= 15 is 0 Å². The minimum absolute atomic E-state index is 0.0239. The fraction of sp³-hybridized carbons (Fsp3) is 0.280. The van der Waals surface area contributed by atoms with E-state index in [4.69, 9.17) is 9.47 Å². The van der Waals surface area contributed by atoms with Gasteiger partial charge in [0.1, 0.15) is 5.82 Å². The molecule has 1 aliphatic heterocycles. The standard InChI is InChI=1S/C25H24N2O3/c1-16(2)19-5-3-4-6-20(19)17-7-10-23(26-14-17)27-24(28)25(11-12-25)18-8-9-21-22(13-18)30-15-29-21/h3-10,13-14,16H,11-12,15H2,1-2H3,(H,26,27,28). The third-order valence-corrected chi connectivity index (χ3v) is 6.01. The van der Waals surface area contributed by atoms with Crippen LogP contribution in [0.15, 0.2) is 60.8 Å². The number of ether oxygens (including phenoxy) is 2. The molecule has 2 aliphatic rings. The van der Waals surface area contributed by atoms with Crippen molar-refractivity contribution in [3.05, 3.63) is 71.9 Å². The number of aromatic nitrogens is 1. The second-order valence-corrected chi connectivity index (χ2v) is 8.28. The molecule has 1 N–H and O–H groups in total. The molecule has 3 aromatic rings. The Morgan fingerprint density at radius 1 is 1.03 bits per heavy atom. The van der Waals surface area contributed by atoms with Gasteiger partial charge in [-0.1, -0.05) is 44.2 Å². The highest BCUT2D eigenvalue weighted by atomic mass is 16.7. The van der Waals surface area contributed by atoms with Crippen molar-refractivity contribution in [2.75, 3.05) is 12.1 Å². The summed E-state index contributed by atoms with van der Waals surface area (Å²) in [5.74, 6) is 2.41. The van der Waals surface area contributed by atoms with Gasteiger partial charge in [0.15, 0.2) is 11.5 Å². The summed E-state index contributed by atoms with van der Waals surface area (Å²) in [6.07, 6.45) is 3.47. The van der Waals surface area contributed by atoms with Crippen LogP contribution < -0.4 is 14.8 Å². The molecule has 152 valence electrons. The number of anilines is 1. The summed E-state index contributed by atoms with van der Waals surface area (Å²) in [5, 5.41) is 3.00. The van der Waals surface area contributed by atoms with E-state index in [2.05, 4.69) is 42.3 Å². The number of rotatable bonds is 5. The third kappa shape index (κ3) is 3.20. The van der Waals surface area contributed by atoms with Gasteiger partial charge in [0.05, 0.1) is 5.41 Å². The molecule has 0 radical (unpaired) electrons. The predicted octanol–water partition coefficient (Wildman–Crippen LogP) is 5.27. The lowest BCUT2D eigenvalue weighted by Crippen LogP contribution is -2.28. The van der Waals surface area contributed by atoms with E-state index in [1.807, 2.05) is 42.6 Å². The van der Waals surface area contributed by atoms with Crippen LogP contribution in [0.1, 0.15) is 43.7 Å². The number of hydrogen-bond acceptors (Lipinski definition) is 4. The zero-order chi connectivity index (χ0) is 20.7. The van der Waals surface area contributed by atoms with Crippen LogP contribution in [0.4, 0.5) is 5.82 Å². The second kappa shape index (κ2) is 7.17. The van der Waals surface area contributed by atoms with E-state index in [0.29, 0.717) is 17.5 Å². The largest absolute Gasteiger partial charge is 0.454 e. The Hall–Kier alpha value is -3.34. The number of hydrogen-bond donors (Lipinski definition) is 1. The molecule has 5 rings (SSSR count). The molecule has 5 heteroatoms. The number of nitrogens with zero attached hydrogens (tertiary/aromatic N) is 1. The lowest BCUT2D eigenvalue weighted by atomic mass is 9.93. The van der Waals surface area contributed by atoms with Crippen molar-refractivity contribution in [1.29, 1.82) is 0 Å². The molecule has 30 heavy (non-hydrogen) atoms. The summed E-state index contributed by atoms with van der Waals surface area (Å²) < 4.78 is 10.9. The number of benzene rings is 2. The molecule has 0 unspecified atom stereocenters. The van der Waals surface area contributed by atoms with Gasteiger partial charge in [-0.25, -0.2) is 4.98 Å². The van der Waals surface area contributed by atoms with Crippen LogP contribution >= 0.6 is 0 Å². The summed E-state index contributed by atoms with van der Waals surface area (Å²) >= 11 is 0. The Labute approximate surface area is 176 Å². The van der Waals surface area contributed by atoms with E-state index in [1.165, 1.54) is 11.1 Å². The average Bonchev–Trinajstić information content (AvgIpc) is 3.45. The third-order valence-electron chi connectivity index (χ3n) is 6.01. The maximum atomic E-state index is 13.1. The van der Waals surface area contributed by atoms with E-state index in [1.54, 1.807) is 0 Å². The highest BCUT2D eigenvalue weighted by Crippen LogP contribution is 2.51. The molecule has 2 heterocycles. The minimum Gasteiger partial charge on any atom is -0.454 e. The first kappa shape index (κ1) is 18.7. The number of amides is 1. The summed E-state index contributed by atoms with van der Waals surface area (Å²) in [7, 11) is 0. The van der Waals surface area contributed by atoms with Gasteiger partial charge < -0.3 is 14.8 Å². The Morgan fingerprint density at radius 2 is 1.83 bits per heavy atom. The maximum absolute atomic E-state index is 13.1. The molecule has 1 amide bonds. The molecule has 5 nitrogen and oxygen atoms in total. The zero-order valence-electron chi connectivity index (χ0n) is 17.1. The van der Waals surface area contributed by atoms with Crippen LogP contribution in [0.25, 0.3) is 11.1 Å². The van der Waals surface area contributed by atoms with E-state index in [-0.39, 0.29) is 12.7 Å². The van der Waals surface area contributed by atoms with E-state index in [9.17, 15) is 4.79 Å². The predicted molar refractivity (Wildman–Crippen MR) is 116 cm³/mol. The van der Waals surface area contributed by atoms with Crippen LogP contribution in [0.5, 0.6) is 11.5 Å².